The topological polar surface area (TPSA) is 85.4 Å². The van der Waals surface area contributed by atoms with Gasteiger partial charge in [-0.05, 0) is 17.7 Å². The Labute approximate surface area is 81.5 Å². The highest BCUT2D eigenvalue weighted by atomic mass is 16.5. The molecule has 1 unspecified atom stereocenters. The summed E-state index contributed by atoms with van der Waals surface area (Å²) in [6.07, 6.45) is 3.30. The lowest BCUT2D eigenvalue weighted by Gasteiger charge is -2.07. The highest BCUT2D eigenvalue weighted by Gasteiger charge is 2.10. The van der Waals surface area contributed by atoms with Gasteiger partial charge in [-0.2, -0.15) is 0 Å². The molecular formula is C9H12N2O3. The average molecular weight is 196 g/mol. The van der Waals surface area contributed by atoms with E-state index in [2.05, 4.69) is 4.98 Å². The molecule has 5 heteroatoms. The van der Waals surface area contributed by atoms with E-state index in [1.165, 1.54) is 0 Å². The number of nitrogens with two attached hydrogens (primary N) is 1. The third kappa shape index (κ3) is 3.51. The molecule has 14 heavy (non-hydrogen) atoms. The maximum absolute atomic E-state index is 10.3. The summed E-state index contributed by atoms with van der Waals surface area (Å²) in [5.74, 6) is -1.06. The molecular weight excluding hydrogens is 184 g/mol. The largest absolute Gasteiger partial charge is 0.480 e. The normalized spacial score (nSPS) is 12.4. The summed E-state index contributed by atoms with van der Waals surface area (Å²) in [6, 6.07) is 2.63. The van der Waals surface area contributed by atoms with Gasteiger partial charge in [-0.3, -0.25) is 9.78 Å². The molecule has 0 spiro atoms. The van der Waals surface area contributed by atoms with Crippen molar-refractivity contribution >= 4 is 5.97 Å². The van der Waals surface area contributed by atoms with Gasteiger partial charge >= 0.3 is 5.97 Å². The Morgan fingerprint density at radius 1 is 1.57 bits per heavy atom. The van der Waals surface area contributed by atoms with E-state index in [4.69, 9.17) is 15.6 Å². The van der Waals surface area contributed by atoms with Gasteiger partial charge in [0.2, 0.25) is 0 Å². The van der Waals surface area contributed by atoms with Crippen LogP contribution in [0, 0.1) is 0 Å². The highest BCUT2D eigenvalue weighted by molar-refractivity contribution is 5.73. The Kier molecular flexibility index (Phi) is 4.03. The van der Waals surface area contributed by atoms with Gasteiger partial charge in [-0.25, -0.2) is 0 Å². The molecule has 0 aliphatic rings. The lowest BCUT2D eigenvalue weighted by atomic mass is 10.3. The van der Waals surface area contributed by atoms with Crippen LogP contribution < -0.4 is 5.73 Å². The monoisotopic (exact) mass is 196 g/mol. The standard InChI is InChI=1S/C9H12N2O3/c10-8(9(12)13)6-14-5-7-1-3-11-4-2-7/h1-4,8H,5-6,10H2,(H,12,13). The molecule has 0 saturated heterocycles. The fourth-order valence-corrected chi connectivity index (χ4v) is 0.854. The molecule has 0 aliphatic heterocycles. The van der Waals surface area contributed by atoms with Crippen molar-refractivity contribution in [3.63, 3.8) is 0 Å². The molecule has 0 amide bonds. The van der Waals surface area contributed by atoms with E-state index in [-0.39, 0.29) is 6.61 Å². The Balaban J connectivity index is 2.26. The van der Waals surface area contributed by atoms with Gasteiger partial charge < -0.3 is 15.6 Å². The van der Waals surface area contributed by atoms with Crippen molar-refractivity contribution in [1.82, 2.24) is 4.98 Å². The zero-order valence-electron chi connectivity index (χ0n) is 7.59. The molecule has 0 fully saturated rings. The van der Waals surface area contributed by atoms with Gasteiger partial charge in [0.05, 0.1) is 13.2 Å². The number of pyridine rings is 1. The molecule has 0 aromatic carbocycles. The summed E-state index contributed by atoms with van der Waals surface area (Å²) in [6.45, 7) is 0.362. The van der Waals surface area contributed by atoms with Gasteiger partial charge in [0.25, 0.3) is 0 Å². The van der Waals surface area contributed by atoms with Gasteiger partial charge in [-0.1, -0.05) is 0 Å². The summed E-state index contributed by atoms with van der Waals surface area (Å²) in [5, 5.41) is 8.46. The van der Waals surface area contributed by atoms with E-state index < -0.39 is 12.0 Å². The fraction of sp³-hybridized carbons (Fsp3) is 0.333. The quantitative estimate of drug-likeness (QED) is 0.692. The molecule has 1 rings (SSSR count). The first kappa shape index (κ1) is 10.6. The van der Waals surface area contributed by atoms with Crippen LogP contribution in [-0.2, 0) is 16.1 Å². The minimum atomic E-state index is -1.06. The second-order valence-electron chi connectivity index (χ2n) is 2.82. The van der Waals surface area contributed by atoms with Gasteiger partial charge in [0.15, 0.2) is 0 Å². The third-order valence-corrected chi connectivity index (χ3v) is 1.63. The molecule has 0 radical (unpaired) electrons. The van der Waals surface area contributed by atoms with Crippen molar-refractivity contribution in [1.29, 1.82) is 0 Å². The second-order valence-corrected chi connectivity index (χ2v) is 2.82. The van der Waals surface area contributed by atoms with Crippen molar-refractivity contribution < 1.29 is 14.6 Å². The second kappa shape index (κ2) is 5.31. The molecule has 5 nitrogen and oxygen atoms in total. The molecule has 1 aromatic rings. The van der Waals surface area contributed by atoms with Gasteiger partial charge in [-0.15, -0.1) is 0 Å². The lowest BCUT2D eigenvalue weighted by molar-refractivity contribution is -0.140. The smallest absolute Gasteiger partial charge is 0.322 e. The molecule has 1 aromatic heterocycles. The van der Waals surface area contributed by atoms with Crippen LogP contribution >= 0.6 is 0 Å². The number of hydrogen-bond donors (Lipinski definition) is 2. The Morgan fingerprint density at radius 3 is 2.79 bits per heavy atom. The predicted molar refractivity (Wildman–Crippen MR) is 49.5 cm³/mol. The maximum Gasteiger partial charge on any atom is 0.322 e. The number of aliphatic carboxylic acids is 1. The van der Waals surface area contributed by atoms with Crippen LogP contribution in [0.15, 0.2) is 24.5 Å². The minimum absolute atomic E-state index is 0.0116. The fourth-order valence-electron chi connectivity index (χ4n) is 0.854. The van der Waals surface area contributed by atoms with Crippen LogP contribution in [0.5, 0.6) is 0 Å². The number of ether oxygens (including phenoxy) is 1. The number of nitrogens with zero attached hydrogens (tertiary/aromatic N) is 1. The number of carboxylic acid groups (broad SMARTS) is 1. The molecule has 0 saturated carbocycles. The molecule has 76 valence electrons. The van der Waals surface area contributed by atoms with Crippen LogP contribution in [0.25, 0.3) is 0 Å². The number of carbonyl (C=O) groups is 1. The number of rotatable bonds is 5. The summed E-state index contributed by atoms with van der Waals surface area (Å²) in [4.78, 5) is 14.2. The van der Waals surface area contributed by atoms with E-state index in [0.717, 1.165) is 5.56 Å². The summed E-state index contributed by atoms with van der Waals surface area (Å²) < 4.78 is 5.11. The van der Waals surface area contributed by atoms with Crippen molar-refractivity contribution in [3.05, 3.63) is 30.1 Å². The van der Waals surface area contributed by atoms with E-state index in [1.54, 1.807) is 24.5 Å². The van der Waals surface area contributed by atoms with Crippen molar-refractivity contribution in [2.45, 2.75) is 12.6 Å². The molecule has 3 N–H and O–H groups in total. The van der Waals surface area contributed by atoms with Crippen molar-refractivity contribution in [2.24, 2.45) is 5.73 Å². The zero-order valence-corrected chi connectivity index (χ0v) is 7.59. The zero-order chi connectivity index (χ0) is 10.4. The van der Waals surface area contributed by atoms with Crippen LogP contribution in [0.2, 0.25) is 0 Å². The van der Waals surface area contributed by atoms with Crippen molar-refractivity contribution in [2.75, 3.05) is 6.61 Å². The number of hydrogen-bond acceptors (Lipinski definition) is 4. The van der Waals surface area contributed by atoms with Gasteiger partial charge in [0, 0.05) is 12.4 Å². The number of aromatic nitrogens is 1. The Morgan fingerprint density at radius 2 is 2.21 bits per heavy atom. The third-order valence-electron chi connectivity index (χ3n) is 1.63. The molecule has 0 bridgehead atoms. The molecule has 1 atom stereocenters. The Hall–Kier alpha value is -1.46. The predicted octanol–water partition coefficient (Wildman–Crippen LogP) is 0.0101. The highest BCUT2D eigenvalue weighted by Crippen LogP contribution is 1.98. The van der Waals surface area contributed by atoms with E-state index >= 15 is 0 Å². The van der Waals surface area contributed by atoms with Crippen LogP contribution in [0.3, 0.4) is 0 Å². The van der Waals surface area contributed by atoms with Crippen LogP contribution in [-0.4, -0.2) is 28.7 Å². The molecule has 0 aliphatic carbocycles. The summed E-state index contributed by atoms with van der Waals surface area (Å²) in [5.41, 5.74) is 6.19. The Bertz CT molecular complexity index is 289. The van der Waals surface area contributed by atoms with E-state index in [1.807, 2.05) is 0 Å². The van der Waals surface area contributed by atoms with Crippen LogP contribution in [0.4, 0.5) is 0 Å². The van der Waals surface area contributed by atoms with E-state index in [9.17, 15) is 4.79 Å². The van der Waals surface area contributed by atoms with Crippen molar-refractivity contribution in [3.8, 4) is 0 Å². The first-order chi connectivity index (χ1) is 6.70. The maximum atomic E-state index is 10.3. The van der Waals surface area contributed by atoms with Gasteiger partial charge in [0.1, 0.15) is 6.04 Å². The summed E-state index contributed by atoms with van der Waals surface area (Å²) in [7, 11) is 0. The van der Waals surface area contributed by atoms with Crippen LogP contribution in [0.1, 0.15) is 5.56 Å². The first-order valence-electron chi connectivity index (χ1n) is 4.15. The lowest BCUT2D eigenvalue weighted by Crippen LogP contribution is -2.34. The molecule has 1 heterocycles. The van der Waals surface area contributed by atoms with E-state index in [0.29, 0.717) is 6.61 Å². The average Bonchev–Trinajstić information content (AvgIpc) is 2.19. The number of carboxylic acids is 1. The minimum Gasteiger partial charge on any atom is -0.480 e. The SMILES string of the molecule is NC(COCc1ccncc1)C(=O)O. The first-order valence-corrected chi connectivity index (χ1v) is 4.15. The summed E-state index contributed by atoms with van der Waals surface area (Å²) >= 11 is 0.